The molecule has 4 amide bonds. The number of nitrogens with two attached hydrogens (primary N) is 2. The molecule has 0 aliphatic heterocycles. The lowest BCUT2D eigenvalue weighted by atomic mass is 10.00. The second-order valence-electron chi connectivity index (χ2n) is 9.99. The van der Waals surface area contributed by atoms with Gasteiger partial charge in [0.1, 0.15) is 23.9 Å². The van der Waals surface area contributed by atoms with Crippen molar-refractivity contribution in [1.82, 2.24) is 16.0 Å². The van der Waals surface area contributed by atoms with E-state index in [0.29, 0.717) is 5.56 Å². The number of hydrogen-bond donors (Lipinski definition) is 7. The standard InChI is InChI=1S/C28H37N5O7/c1-16(2)12-21(26(37)33-23(28(39)40)15-24(30)35)32-27(38)22(14-18-8-10-19(34)11-9-18)31-25(36)20(29)13-17-6-4-3-5-7-17/h3-11,16,20-23,34H,12-15,29H2,1-2H3,(H2,30,35)(H,31,36)(H,32,38)(H,33,37)(H,39,40). The summed E-state index contributed by atoms with van der Waals surface area (Å²) < 4.78 is 0. The van der Waals surface area contributed by atoms with Crippen LogP contribution in [0.3, 0.4) is 0 Å². The monoisotopic (exact) mass is 555 g/mol. The first-order valence-electron chi connectivity index (χ1n) is 12.8. The van der Waals surface area contributed by atoms with E-state index in [1.54, 1.807) is 12.1 Å². The third-order valence-corrected chi connectivity index (χ3v) is 6.00. The average molecular weight is 556 g/mol. The normalized spacial score (nSPS) is 13.9. The fourth-order valence-electron chi connectivity index (χ4n) is 3.97. The van der Waals surface area contributed by atoms with E-state index >= 15 is 0 Å². The van der Waals surface area contributed by atoms with Crippen molar-refractivity contribution >= 4 is 29.6 Å². The Balaban J connectivity index is 2.24. The van der Waals surface area contributed by atoms with Gasteiger partial charge in [-0.25, -0.2) is 4.79 Å². The van der Waals surface area contributed by atoms with E-state index in [1.165, 1.54) is 12.1 Å². The van der Waals surface area contributed by atoms with Crippen molar-refractivity contribution in [3.05, 3.63) is 65.7 Å². The van der Waals surface area contributed by atoms with Crippen LogP contribution in [-0.2, 0) is 36.8 Å². The zero-order valence-corrected chi connectivity index (χ0v) is 22.5. The quantitative estimate of drug-likeness (QED) is 0.158. The number of carboxylic acid groups (broad SMARTS) is 1. The summed E-state index contributed by atoms with van der Waals surface area (Å²) in [4.78, 5) is 62.2. The highest BCUT2D eigenvalue weighted by Crippen LogP contribution is 2.13. The third kappa shape index (κ3) is 10.7. The highest BCUT2D eigenvalue weighted by Gasteiger charge is 2.31. The molecular weight excluding hydrogens is 518 g/mol. The maximum absolute atomic E-state index is 13.4. The molecule has 2 aromatic carbocycles. The van der Waals surface area contributed by atoms with Gasteiger partial charge in [-0.1, -0.05) is 56.3 Å². The van der Waals surface area contributed by atoms with Crippen molar-refractivity contribution in [3.63, 3.8) is 0 Å². The number of rotatable bonds is 15. The van der Waals surface area contributed by atoms with Crippen molar-refractivity contribution in [2.24, 2.45) is 17.4 Å². The Morgan fingerprint density at radius 3 is 1.82 bits per heavy atom. The molecule has 2 aromatic rings. The van der Waals surface area contributed by atoms with E-state index < -0.39 is 60.2 Å². The van der Waals surface area contributed by atoms with Crippen molar-refractivity contribution in [2.45, 2.75) is 63.7 Å². The molecule has 12 nitrogen and oxygen atoms in total. The molecule has 0 bridgehead atoms. The lowest BCUT2D eigenvalue weighted by Gasteiger charge is -2.26. The van der Waals surface area contributed by atoms with Crippen LogP contribution in [0, 0.1) is 5.92 Å². The van der Waals surface area contributed by atoms with Gasteiger partial charge in [-0.3, -0.25) is 19.2 Å². The molecule has 2 rings (SSSR count). The first-order valence-corrected chi connectivity index (χ1v) is 12.8. The number of nitrogens with one attached hydrogen (secondary N) is 3. The van der Waals surface area contributed by atoms with E-state index in [1.807, 2.05) is 44.2 Å². The number of primary amides is 1. The van der Waals surface area contributed by atoms with Crippen molar-refractivity contribution in [1.29, 1.82) is 0 Å². The van der Waals surface area contributed by atoms with Crippen LogP contribution in [0.4, 0.5) is 0 Å². The van der Waals surface area contributed by atoms with Gasteiger partial charge < -0.3 is 37.6 Å². The Labute approximate surface area is 232 Å². The summed E-state index contributed by atoms with van der Waals surface area (Å²) in [6.07, 6.45) is -0.226. The largest absolute Gasteiger partial charge is 0.508 e. The Morgan fingerprint density at radius 2 is 1.27 bits per heavy atom. The number of carbonyl (C=O) groups excluding carboxylic acids is 4. The van der Waals surface area contributed by atoms with Crippen molar-refractivity contribution in [2.75, 3.05) is 0 Å². The number of carbonyl (C=O) groups is 5. The Kier molecular flexibility index (Phi) is 12.1. The van der Waals surface area contributed by atoms with Crippen LogP contribution in [0.2, 0.25) is 0 Å². The Morgan fingerprint density at radius 1 is 0.750 bits per heavy atom. The molecule has 40 heavy (non-hydrogen) atoms. The highest BCUT2D eigenvalue weighted by molar-refractivity contribution is 5.95. The predicted molar refractivity (Wildman–Crippen MR) is 147 cm³/mol. The third-order valence-electron chi connectivity index (χ3n) is 6.00. The van der Waals surface area contributed by atoms with Crippen LogP contribution in [-0.4, -0.2) is 64.0 Å². The topological polar surface area (TPSA) is 214 Å². The molecule has 4 atom stereocenters. The van der Waals surface area contributed by atoms with Gasteiger partial charge in [-0.15, -0.1) is 0 Å². The zero-order chi connectivity index (χ0) is 29.8. The molecule has 0 saturated heterocycles. The molecule has 4 unspecified atom stereocenters. The van der Waals surface area contributed by atoms with E-state index in [4.69, 9.17) is 11.5 Å². The summed E-state index contributed by atoms with van der Waals surface area (Å²) in [6.45, 7) is 3.62. The molecule has 0 radical (unpaired) electrons. The van der Waals surface area contributed by atoms with E-state index in [9.17, 15) is 34.2 Å². The molecule has 0 fully saturated rings. The van der Waals surface area contributed by atoms with Gasteiger partial charge in [0.2, 0.25) is 23.6 Å². The molecule has 0 aliphatic carbocycles. The smallest absolute Gasteiger partial charge is 0.326 e. The molecule has 9 N–H and O–H groups in total. The summed E-state index contributed by atoms with van der Waals surface area (Å²) in [7, 11) is 0. The number of hydrogen-bond acceptors (Lipinski definition) is 7. The van der Waals surface area contributed by atoms with Crippen molar-refractivity contribution < 1.29 is 34.2 Å². The summed E-state index contributed by atoms with van der Waals surface area (Å²) in [5.41, 5.74) is 12.7. The van der Waals surface area contributed by atoms with E-state index in [2.05, 4.69) is 16.0 Å². The van der Waals surface area contributed by atoms with Gasteiger partial charge in [0.05, 0.1) is 12.5 Å². The molecule has 216 valence electrons. The number of phenolic OH excluding ortho intramolecular Hbond substituents is 1. The fourth-order valence-corrected chi connectivity index (χ4v) is 3.97. The van der Waals surface area contributed by atoms with Gasteiger partial charge in [-0.05, 0) is 42.0 Å². The lowest BCUT2D eigenvalue weighted by molar-refractivity contribution is -0.143. The van der Waals surface area contributed by atoms with Crippen LogP contribution < -0.4 is 27.4 Å². The molecule has 0 aliphatic rings. The minimum absolute atomic E-state index is 0.0192. The number of benzene rings is 2. The van der Waals surface area contributed by atoms with Crippen LogP contribution in [0.1, 0.15) is 37.8 Å². The molecule has 0 saturated carbocycles. The second-order valence-corrected chi connectivity index (χ2v) is 9.99. The lowest BCUT2D eigenvalue weighted by Crippen LogP contribution is -2.58. The number of aliphatic carboxylic acids is 1. The van der Waals surface area contributed by atoms with Crippen LogP contribution in [0.25, 0.3) is 0 Å². The van der Waals surface area contributed by atoms with Gasteiger partial charge in [0, 0.05) is 6.42 Å². The first kappa shape index (κ1) is 31.8. The van der Waals surface area contributed by atoms with Gasteiger partial charge >= 0.3 is 5.97 Å². The summed E-state index contributed by atoms with van der Waals surface area (Å²) in [5.74, 6) is -4.52. The van der Waals surface area contributed by atoms with E-state index in [0.717, 1.165) is 5.56 Å². The SMILES string of the molecule is CC(C)CC(NC(=O)C(Cc1ccc(O)cc1)NC(=O)C(N)Cc1ccccc1)C(=O)NC(CC(N)=O)C(=O)O. The van der Waals surface area contributed by atoms with Gasteiger partial charge in [0.25, 0.3) is 0 Å². The van der Waals surface area contributed by atoms with Gasteiger partial charge in [0.15, 0.2) is 0 Å². The first-order chi connectivity index (χ1) is 18.8. The maximum atomic E-state index is 13.4. The molecule has 0 spiro atoms. The molecule has 0 heterocycles. The number of aromatic hydroxyl groups is 1. The summed E-state index contributed by atoms with van der Waals surface area (Å²) in [5, 5.41) is 26.5. The fraction of sp³-hybridized carbons (Fsp3) is 0.393. The predicted octanol–water partition coefficient (Wildman–Crippen LogP) is -0.0348. The number of amides is 4. The Bertz CT molecular complexity index is 1170. The Hall–Kier alpha value is -4.45. The molecular formula is C28H37N5O7. The van der Waals surface area contributed by atoms with Crippen molar-refractivity contribution in [3.8, 4) is 5.75 Å². The molecule has 12 heteroatoms. The maximum Gasteiger partial charge on any atom is 0.326 e. The number of carboxylic acids is 1. The number of phenols is 1. The second kappa shape index (κ2) is 15.2. The zero-order valence-electron chi connectivity index (χ0n) is 22.5. The van der Waals surface area contributed by atoms with Crippen LogP contribution in [0.15, 0.2) is 54.6 Å². The van der Waals surface area contributed by atoms with Crippen LogP contribution in [0.5, 0.6) is 5.75 Å². The summed E-state index contributed by atoms with van der Waals surface area (Å²) in [6, 6.07) is 10.3. The van der Waals surface area contributed by atoms with E-state index in [-0.39, 0.29) is 30.9 Å². The average Bonchev–Trinajstić information content (AvgIpc) is 2.88. The van der Waals surface area contributed by atoms with Crippen LogP contribution >= 0.6 is 0 Å². The molecule has 0 aromatic heterocycles. The highest BCUT2D eigenvalue weighted by atomic mass is 16.4. The minimum Gasteiger partial charge on any atom is -0.508 e. The summed E-state index contributed by atoms with van der Waals surface area (Å²) >= 11 is 0. The minimum atomic E-state index is -1.57. The van der Waals surface area contributed by atoms with Gasteiger partial charge in [-0.2, -0.15) is 0 Å².